The molecule has 110 valence electrons. The maximum absolute atomic E-state index is 11.6. The van der Waals surface area contributed by atoms with Gasteiger partial charge in [0, 0.05) is 4.47 Å². The van der Waals surface area contributed by atoms with Crippen molar-refractivity contribution in [3.63, 3.8) is 0 Å². The number of rotatable bonds is 3. The van der Waals surface area contributed by atoms with Gasteiger partial charge in [-0.25, -0.2) is 4.79 Å². The highest BCUT2D eigenvalue weighted by atomic mass is 79.9. The SMILES string of the molecule is COC(=O)c1sccc1NC(=S)Nc1ccc(Br)cc1Cl. The largest absolute Gasteiger partial charge is 0.465 e. The molecule has 2 N–H and O–H groups in total. The lowest BCUT2D eigenvalue weighted by molar-refractivity contribution is 0.0607. The van der Waals surface area contributed by atoms with Gasteiger partial charge in [0.25, 0.3) is 0 Å². The number of ether oxygens (including phenoxy) is 1. The summed E-state index contributed by atoms with van der Waals surface area (Å²) in [5.74, 6) is -0.406. The van der Waals surface area contributed by atoms with E-state index in [1.165, 1.54) is 18.4 Å². The smallest absolute Gasteiger partial charge is 0.350 e. The van der Waals surface area contributed by atoms with Gasteiger partial charge < -0.3 is 15.4 Å². The van der Waals surface area contributed by atoms with Crippen LogP contribution >= 0.6 is 51.1 Å². The van der Waals surface area contributed by atoms with E-state index >= 15 is 0 Å². The average Bonchev–Trinajstić information content (AvgIpc) is 2.89. The average molecular weight is 406 g/mol. The number of anilines is 2. The van der Waals surface area contributed by atoms with E-state index in [1.807, 2.05) is 6.07 Å². The Bertz CT molecular complexity index is 691. The molecule has 0 aliphatic carbocycles. The number of halogens is 2. The molecule has 8 heteroatoms. The van der Waals surface area contributed by atoms with E-state index in [4.69, 9.17) is 28.6 Å². The number of benzene rings is 1. The summed E-state index contributed by atoms with van der Waals surface area (Å²) < 4.78 is 5.59. The molecule has 0 atom stereocenters. The molecule has 4 nitrogen and oxygen atoms in total. The second-order valence-corrected chi connectivity index (χ2v) is 6.51. The van der Waals surface area contributed by atoms with Crippen LogP contribution in [0.4, 0.5) is 11.4 Å². The minimum atomic E-state index is -0.406. The summed E-state index contributed by atoms with van der Waals surface area (Å²) in [4.78, 5) is 12.0. The molecule has 0 aliphatic rings. The summed E-state index contributed by atoms with van der Waals surface area (Å²) in [6, 6.07) is 7.17. The Labute approximate surface area is 144 Å². The van der Waals surface area contributed by atoms with Crippen molar-refractivity contribution in [2.45, 2.75) is 0 Å². The van der Waals surface area contributed by atoms with E-state index in [0.29, 0.717) is 26.4 Å². The van der Waals surface area contributed by atoms with E-state index in [2.05, 4.69) is 26.6 Å². The quantitative estimate of drug-likeness (QED) is 0.569. The topological polar surface area (TPSA) is 50.4 Å². The molecule has 0 saturated carbocycles. The maximum atomic E-state index is 11.6. The highest BCUT2D eigenvalue weighted by molar-refractivity contribution is 9.10. The molecule has 0 unspecified atom stereocenters. The number of carbonyl (C=O) groups is 1. The van der Waals surface area contributed by atoms with Crippen molar-refractivity contribution in [2.75, 3.05) is 17.7 Å². The Morgan fingerprint density at radius 2 is 2.05 bits per heavy atom. The summed E-state index contributed by atoms with van der Waals surface area (Å²) in [6.07, 6.45) is 0. The number of carbonyl (C=O) groups excluding carboxylic acids is 1. The molecule has 0 amide bonds. The van der Waals surface area contributed by atoms with Gasteiger partial charge in [-0.3, -0.25) is 0 Å². The Morgan fingerprint density at radius 3 is 2.71 bits per heavy atom. The molecule has 0 bridgehead atoms. The van der Waals surface area contributed by atoms with E-state index in [-0.39, 0.29) is 0 Å². The third-order valence-corrected chi connectivity index (χ3v) is 4.37. The molecular weight excluding hydrogens is 396 g/mol. The maximum Gasteiger partial charge on any atom is 0.350 e. The summed E-state index contributed by atoms with van der Waals surface area (Å²) in [7, 11) is 1.34. The Hall–Kier alpha value is -1.15. The molecule has 0 fully saturated rings. The molecular formula is C13H10BrClN2O2S2. The Balaban J connectivity index is 2.09. The number of thiophene rings is 1. The first kappa shape index (κ1) is 16.2. The van der Waals surface area contributed by atoms with Crippen molar-refractivity contribution in [3.05, 3.63) is 44.0 Å². The number of esters is 1. The molecule has 2 rings (SSSR count). The van der Waals surface area contributed by atoms with Gasteiger partial charge in [-0.2, -0.15) is 0 Å². The van der Waals surface area contributed by atoms with Crippen molar-refractivity contribution >= 4 is 73.5 Å². The number of hydrogen-bond donors (Lipinski definition) is 2. The van der Waals surface area contributed by atoms with Crippen molar-refractivity contribution in [2.24, 2.45) is 0 Å². The predicted octanol–water partition coefficient (Wildman–Crippen LogP) is 4.76. The fraction of sp³-hybridized carbons (Fsp3) is 0.0769. The summed E-state index contributed by atoms with van der Waals surface area (Å²) in [5.41, 5.74) is 1.27. The minimum Gasteiger partial charge on any atom is -0.465 e. The molecule has 0 radical (unpaired) electrons. The third-order valence-electron chi connectivity index (χ3n) is 2.46. The molecule has 1 heterocycles. The lowest BCUT2D eigenvalue weighted by Gasteiger charge is -2.12. The molecule has 21 heavy (non-hydrogen) atoms. The molecule has 1 aromatic carbocycles. The van der Waals surface area contributed by atoms with Gasteiger partial charge in [0.1, 0.15) is 4.88 Å². The van der Waals surface area contributed by atoms with Gasteiger partial charge in [0.15, 0.2) is 5.11 Å². The van der Waals surface area contributed by atoms with Crippen molar-refractivity contribution in [1.82, 2.24) is 0 Å². The van der Waals surface area contributed by atoms with Crippen LogP contribution in [0.25, 0.3) is 0 Å². The van der Waals surface area contributed by atoms with Crippen LogP contribution in [0.3, 0.4) is 0 Å². The number of nitrogens with one attached hydrogen (secondary N) is 2. The first-order chi connectivity index (χ1) is 10.0. The zero-order valence-electron chi connectivity index (χ0n) is 10.8. The van der Waals surface area contributed by atoms with Gasteiger partial charge in [-0.1, -0.05) is 27.5 Å². The predicted molar refractivity (Wildman–Crippen MR) is 94.7 cm³/mol. The van der Waals surface area contributed by atoms with Crippen molar-refractivity contribution in [3.8, 4) is 0 Å². The molecule has 0 aliphatic heterocycles. The molecule has 0 saturated heterocycles. The van der Waals surface area contributed by atoms with Crippen LogP contribution in [-0.4, -0.2) is 18.2 Å². The number of thiocarbonyl (C=S) groups is 1. The first-order valence-electron chi connectivity index (χ1n) is 5.70. The van der Waals surface area contributed by atoms with E-state index in [9.17, 15) is 4.79 Å². The summed E-state index contributed by atoms with van der Waals surface area (Å²) >= 11 is 15.9. The zero-order chi connectivity index (χ0) is 15.4. The highest BCUT2D eigenvalue weighted by Crippen LogP contribution is 2.27. The van der Waals surface area contributed by atoms with Crippen LogP contribution < -0.4 is 10.6 Å². The van der Waals surface area contributed by atoms with Gasteiger partial charge in [0.2, 0.25) is 0 Å². The van der Waals surface area contributed by atoms with Crippen LogP contribution in [0.2, 0.25) is 5.02 Å². The summed E-state index contributed by atoms with van der Waals surface area (Å²) in [5, 5.41) is 8.59. The standard InChI is InChI=1S/C13H10BrClN2O2S2/c1-19-12(18)11-10(4-5-21-11)17-13(20)16-9-3-2-7(14)6-8(9)15/h2-6H,1H3,(H2,16,17,20). The monoisotopic (exact) mass is 404 g/mol. The van der Waals surface area contributed by atoms with Gasteiger partial charge >= 0.3 is 5.97 Å². The van der Waals surface area contributed by atoms with Crippen LogP contribution in [0.1, 0.15) is 9.67 Å². The van der Waals surface area contributed by atoms with Crippen LogP contribution in [0, 0.1) is 0 Å². The summed E-state index contributed by atoms with van der Waals surface area (Å²) in [6.45, 7) is 0. The van der Waals surface area contributed by atoms with E-state index < -0.39 is 5.97 Å². The van der Waals surface area contributed by atoms with Gasteiger partial charge in [0.05, 0.1) is 23.5 Å². The van der Waals surface area contributed by atoms with E-state index in [1.54, 1.807) is 23.6 Å². The first-order valence-corrected chi connectivity index (χ1v) is 8.16. The molecule has 2 aromatic rings. The second-order valence-electron chi connectivity index (χ2n) is 3.86. The van der Waals surface area contributed by atoms with Gasteiger partial charge in [-0.05, 0) is 41.9 Å². The highest BCUT2D eigenvalue weighted by Gasteiger charge is 2.14. The normalized spacial score (nSPS) is 10.0. The Kier molecular flexibility index (Phi) is 5.58. The molecule has 0 spiro atoms. The zero-order valence-corrected chi connectivity index (χ0v) is 14.8. The fourth-order valence-corrected chi connectivity index (χ4v) is 3.23. The Morgan fingerprint density at radius 1 is 1.33 bits per heavy atom. The van der Waals surface area contributed by atoms with Crippen LogP contribution in [0.5, 0.6) is 0 Å². The van der Waals surface area contributed by atoms with Crippen LogP contribution in [0.15, 0.2) is 34.1 Å². The van der Waals surface area contributed by atoms with Gasteiger partial charge in [-0.15, -0.1) is 11.3 Å². The van der Waals surface area contributed by atoms with Crippen molar-refractivity contribution in [1.29, 1.82) is 0 Å². The minimum absolute atomic E-state index is 0.336. The lowest BCUT2D eigenvalue weighted by atomic mass is 10.3. The number of hydrogen-bond acceptors (Lipinski definition) is 4. The van der Waals surface area contributed by atoms with E-state index in [0.717, 1.165) is 4.47 Å². The molecule has 1 aromatic heterocycles. The fourth-order valence-electron chi connectivity index (χ4n) is 1.53. The lowest BCUT2D eigenvalue weighted by Crippen LogP contribution is -2.20. The van der Waals surface area contributed by atoms with Crippen molar-refractivity contribution < 1.29 is 9.53 Å². The third kappa shape index (κ3) is 4.16. The number of methoxy groups -OCH3 is 1. The second kappa shape index (κ2) is 7.22. The van der Waals surface area contributed by atoms with Crippen LogP contribution in [-0.2, 0) is 4.74 Å².